The second kappa shape index (κ2) is 4.96. The second-order valence-electron chi connectivity index (χ2n) is 4.57. The maximum absolute atomic E-state index is 11.4. The monoisotopic (exact) mass is 273 g/mol. The molecule has 1 saturated heterocycles. The number of hydrogen-bond acceptors (Lipinski definition) is 3. The Hall–Kier alpha value is -0.580. The Morgan fingerprint density at radius 1 is 1.29 bits per heavy atom. The quantitative estimate of drug-likeness (QED) is 0.849. The van der Waals surface area contributed by atoms with Crippen LogP contribution in [0.1, 0.15) is 11.1 Å². The summed E-state index contributed by atoms with van der Waals surface area (Å²) in [6.45, 7) is 2.69. The molecule has 0 saturated carbocycles. The molecule has 0 radical (unpaired) electrons. The highest BCUT2D eigenvalue weighted by molar-refractivity contribution is 7.91. The lowest BCUT2D eigenvalue weighted by Gasteiger charge is -2.14. The van der Waals surface area contributed by atoms with Crippen LogP contribution in [-0.4, -0.2) is 31.3 Å². The molecule has 1 heterocycles. The summed E-state index contributed by atoms with van der Waals surface area (Å²) in [6.07, 6.45) is 0. The van der Waals surface area contributed by atoms with Crippen LogP contribution >= 0.6 is 11.6 Å². The summed E-state index contributed by atoms with van der Waals surface area (Å²) in [5.74, 6) is 0.229. The van der Waals surface area contributed by atoms with Gasteiger partial charge in [-0.15, -0.1) is 11.6 Å². The van der Waals surface area contributed by atoms with Gasteiger partial charge in [-0.1, -0.05) is 29.8 Å². The van der Waals surface area contributed by atoms with Crippen molar-refractivity contribution < 1.29 is 8.42 Å². The molecule has 1 aliphatic rings. The van der Waals surface area contributed by atoms with Crippen molar-refractivity contribution in [3.05, 3.63) is 35.4 Å². The van der Waals surface area contributed by atoms with E-state index in [1.54, 1.807) is 0 Å². The first kappa shape index (κ1) is 12.9. The SMILES string of the molecule is Cc1ccc(CN[C@H]2CS(=O)(=O)C[C@H]2Cl)cc1. The van der Waals surface area contributed by atoms with E-state index in [4.69, 9.17) is 11.6 Å². The first-order valence-electron chi connectivity index (χ1n) is 5.60. The molecule has 1 aliphatic heterocycles. The van der Waals surface area contributed by atoms with Gasteiger partial charge in [-0.3, -0.25) is 0 Å². The highest BCUT2D eigenvalue weighted by atomic mass is 35.5. The minimum atomic E-state index is -2.95. The Bertz CT molecular complexity index is 484. The molecule has 1 fully saturated rings. The zero-order valence-electron chi connectivity index (χ0n) is 9.69. The molecular weight excluding hydrogens is 258 g/mol. The van der Waals surface area contributed by atoms with Gasteiger partial charge in [0.15, 0.2) is 9.84 Å². The Morgan fingerprint density at radius 3 is 2.47 bits per heavy atom. The number of aryl methyl sites for hydroxylation is 1. The van der Waals surface area contributed by atoms with Crippen molar-refractivity contribution in [2.75, 3.05) is 11.5 Å². The van der Waals surface area contributed by atoms with E-state index in [2.05, 4.69) is 5.32 Å². The third-order valence-electron chi connectivity index (χ3n) is 2.97. The van der Waals surface area contributed by atoms with Crippen molar-refractivity contribution >= 4 is 21.4 Å². The molecule has 1 aromatic carbocycles. The topological polar surface area (TPSA) is 46.2 Å². The van der Waals surface area contributed by atoms with Gasteiger partial charge in [0.05, 0.1) is 16.9 Å². The van der Waals surface area contributed by atoms with Crippen LogP contribution < -0.4 is 5.32 Å². The molecule has 2 rings (SSSR count). The van der Waals surface area contributed by atoms with Gasteiger partial charge in [0.2, 0.25) is 0 Å². The number of hydrogen-bond donors (Lipinski definition) is 1. The summed E-state index contributed by atoms with van der Waals surface area (Å²) in [6, 6.07) is 8.02. The summed E-state index contributed by atoms with van der Waals surface area (Å²) in [5, 5.41) is 2.90. The summed E-state index contributed by atoms with van der Waals surface area (Å²) in [5.41, 5.74) is 2.36. The van der Waals surface area contributed by atoms with E-state index in [9.17, 15) is 8.42 Å². The zero-order valence-corrected chi connectivity index (χ0v) is 11.3. The number of rotatable bonds is 3. The van der Waals surface area contributed by atoms with Crippen LogP contribution in [0.4, 0.5) is 0 Å². The lowest BCUT2D eigenvalue weighted by Crippen LogP contribution is -2.35. The molecule has 0 aromatic heterocycles. The van der Waals surface area contributed by atoms with E-state index in [0.717, 1.165) is 5.56 Å². The van der Waals surface area contributed by atoms with Crippen molar-refractivity contribution in [1.82, 2.24) is 5.32 Å². The molecule has 5 heteroatoms. The van der Waals surface area contributed by atoms with E-state index in [-0.39, 0.29) is 22.9 Å². The Balaban J connectivity index is 1.93. The largest absolute Gasteiger partial charge is 0.307 e. The maximum Gasteiger partial charge on any atom is 0.153 e. The van der Waals surface area contributed by atoms with Crippen LogP contribution in [0.2, 0.25) is 0 Å². The number of benzene rings is 1. The van der Waals surface area contributed by atoms with Gasteiger partial charge in [-0.2, -0.15) is 0 Å². The number of alkyl halides is 1. The molecule has 2 atom stereocenters. The van der Waals surface area contributed by atoms with Crippen LogP contribution in [0.15, 0.2) is 24.3 Å². The van der Waals surface area contributed by atoms with Crippen LogP contribution in [0.3, 0.4) is 0 Å². The molecule has 0 bridgehead atoms. The molecule has 1 aromatic rings. The fourth-order valence-electron chi connectivity index (χ4n) is 1.95. The van der Waals surface area contributed by atoms with Crippen molar-refractivity contribution in [2.24, 2.45) is 0 Å². The van der Waals surface area contributed by atoms with Crippen molar-refractivity contribution in [3.63, 3.8) is 0 Å². The highest BCUT2D eigenvalue weighted by Crippen LogP contribution is 2.18. The normalized spacial score (nSPS) is 27.2. The fourth-order valence-corrected chi connectivity index (χ4v) is 4.56. The molecule has 17 heavy (non-hydrogen) atoms. The highest BCUT2D eigenvalue weighted by Gasteiger charge is 2.35. The van der Waals surface area contributed by atoms with Crippen LogP contribution in [0, 0.1) is 6.92 Å². The summed E-state index contributed by atoms with van der Waals surface area (Å²) >= 11 is 6.01. The van der Waals surface area contributed by atoms with Gasteiger partial charge in [-0.05, 0) is 12.5 Å². The summed E-state index contributed by atoms with van der Waals surface area (Å²) in [7, 11) is -2.95. The molecule has 0 spiro atoms. The minimum absolute atomic E-state index is 0.0835. The molecule has 3 nitrogen and oxygen atoms in total. The van der Waals surface area contributed by atoms with Gasteiger partial charge < -0.3 is 5.32 Å². The zero-order chi connectivity index (χ0) is 12.5. The predicted octanol–water partition coefficient (Wildman–Crippen LogP) is 1.49. The fraction of sp³-hybridized carbons (Fsp3) is 0.500. The molecular formula is C12H16ClNO2S. The molecule has 0 aliphatic carbocycles. The van der Waals surface area contributed by atoms with Gasteiger partial charge in [0.1, 0.15) is 0 Å². The summed E-state index contributed by atoms with van der Waals surface area (Å²) in [4.78, 5) is 0. The molecule has 94 valence electrons. The second-order valence-corrected chi connectivity index (χ2v) is 7.28. The van der Waals surface area contributed by atoms with E-state index >= 15 is 0 Å². The van der Waals surface area contributed by atoms with Gasteiger partial charge >= 0.3 is 0 Å². The van der Waals surface area contributed by atoms with Crippen molar-refractivity contribution in [1.29, 1.82) is 0 Å². The average Bonchev–Trinajstić information content (AvgIpc) is 2.51. The third-order valence-corrected chi connectivity index (χ3v) is 5.35. The average molecular weight is 274 g/mol. The molecule has 0 amide bonds. The van der Waals surface area contributed by atoms with Crippen LogP contribution in [0.5, 0.6) is 0 Å². The molecule has 0 unspecified atom stereocenters. The standard InChI is InChI=1S/C12H16ClNO2S/c1-9-2-4-10(5-3-9)6-14-12-8-17(15,16)7-11(12)13/h2-5,11-12,14H,6-8H2,1H3/t11-,12+/m1/s1. The van der Waals surface area contributed by atoms with E-state index in [0.29, 0.717) is 6.54 Å². The Labute approximate surface area is 107 Å². The maximum atomic E-state index is 11.4. The van der Waals surface area contributed by atoms with Crippen LogP contribution in [0.25, 0.3) is 0 Å². The van der Waals surface area contributed by atoms with Gasteiger partial charge in [0, 0.05) is 12.6 Å². The number of sulfone groups is 1. The Morgan fingerprint density at radius 2 is 1.94 bits per heavy atom. The van der Waals surface area contributed by atoms with Gasteiger partial charge in [0.25, 0.3) is 0 Å². The lowest BCUT2D eigenvalue weighted by atomic mass is 10.1. The van der Waals surface area contributed by atoms with Crippen molar-refractivity contribution in [2.45, 2.75) is 24.9 Å². The summed E-state index contributed by atoms with van der Waals surface area (Å²) < 4.78 is 22.8. The smallest absolute Gasteiger partial charge is 0.153 e. The minimum Gasteiger partial charge on any atom is -0.307 e. The lowest BCUT2D eigenvalue weighted by molar-refractivity contribution is 0.558. The third kappa shape index (κ3) is 3.44. The van der Waals surface area contributed by atoms with E-state index in [1.807, 2.05) is 31.2 Å². The van der Waals surface area contributed by atoms with Crippen molar-refractivity contribution in [3.8, 4) is 0 Å². The molecule has 1 N–H and O–H groups in total. The predicted molar refractivity (Wildman–Crippen MR) is 70.1 cm³/mol. The first-order chi connectivity index (χ1) is 7.96. The number of halogens is 1. The first-order valence-corrected chi connectivity index (χ1v) is 7.85. The van der Waals surface area contributed by atoms with E-state index in [1.165, 1.54) is 5.56 Å². The number of nitrogens with one attached hydrogen (secondary N) is 1. The van der Waals surface area contributed by atoms with Crippen LogP contribution in [-0.2, 0) is 16.4 Å². The van der Waals surface area contributed by atoms with Gasteiger partial charge in [-0.25, -0.2) is 8.42 Å². The van der Waals surface area contributed by atoms with E-state index < -0.39 is 9.84 Å². The Kier molecular flexibility index (Phi) is 3.76.